The van der Waals surface area contributed by atoms with Crippen molar-refractivity contribution in [2.24, 2.45) is 5.41 Å². The highest BCUT2D eigenvalue weighted by molar-refractivity contribution is 7.85. The lowest BCUT2D eigenvalue weighted by atomic mass is 9.92. The van der Waals surface area contributed by atoms with Gasteiger partial charge in [-0.1, -0.05) is 20.8 Å². The smallest absolute Gasteiger partial charge is 0.0363 e. The van der Waals surface area contributed by atoms with E-state index in [0.717, 1.165) is 44.2 Å². The standard InChI is InChI=1S/C12H26N2OS/c1-4-5-13-10-12(2,3)11-14-6-8-16(15)9-7-14/h13H,4-11H2,1-3H3. The molecule has 0 aromatic carbocycles. The molecule has 0 atom stereocenters. The highest BCUT2D eigenvalue weighted by Gasteiger charge is 2.23. The first-order valence-corrected chi connectivity index (χ1v) is 7.80. The quantitative estimate of drug-likeness (QED) is 0.712. The molecule has 96 valence electrons. The third-order valence-electron chi connectivity index (χ3n) is 2.95. The van der Waals surface area contributed by atoms with Gasteiger partial charge in [-0.2, -0.15) is 0 Å². The molecule has 0 bridgehead atoms. The molecule has 1 N–H and O–H groups in total. The molecule has 0 aromatic rings. The topological polar surface area (TPSA) is 32.3 Å². The number of hydrogen-bond acceptors (Lipinski definition) is 3. The van der Waals surface area contributed by atoms with E-state index in [2.05, 4.69) is 31.0 Å². The van der Waals surface area contributed by atoms with Crippen LogP contribution in [0.4, 0.5) is 0 Å². The number of hydrogen-bond donors (Lipinski definition) is 1. The Hall–Kier alpha value is 0.0700. The zero-order valence-electron chi connectivity index (χ0n) is 10.9. The van der Waals surface area contributed by atoms with Gasteiger partial charge in [0.25, 0.3) is 0 Å². The van der Waals surface area contributed by atoms with Crippen LogP contribution in [0.15, 0.2) is 0 Å². The molecule has 0 radical (unpaired) electrons. The Bertz CT molecular complexity index is 221. The van der Waals surface area contributed by atoms with Crippen molar-refractivity contribution in [3.8, 4) is 0 Å². The average Bonchev–Trinajstić information content (AvgIpc) is 2.21. The van der Waals surface area contributed by atoms with E-state index < -0.39 is 10.8 Å². The number of rotatable bonds is 6. The van der Waals surface area contributed by atoms with Gasteiger partial charge in [0.2, 0.25) is 0 Å². The van der Waals surface area contributed by atoms with Gasteiger partial charge < -0.3 is 10.2 Å². The minimum absolute atomic E-state index is 0.313. The van der Waals surface area contributed by atoms with Crippen molar-refractivity contribution in [3.05, 3.63) is 0 Å². The summed E-state index contributed by atoms with van der Waals surface area (Å²) in [6.45, 7) is 12.1. The summed E-state index contributed by atoms with van der Waals surface area (Å²) in [6.07, 6.45) is 1.19. The minimum Gasteiger partial charge on any atom is -0.316 e. The van der Waals surface area contributed by atoms with E-state index in [1.54, 1.807) is 0 Å². The largest absolute Gasteiger partial charge is 0.316 e. The van der Waals surface area contributed by atoms with Gasteiger partial charge in [-0.25, -0.2) is 0 Å². The van der Waals surface area contributed by atoms with Gasteiger partial charge >= 0.3 is 0 Å². The van der Waals surface area contributed by atoms with Gasteiger partial charge in [-0.3, -0.25) is 4.21 Å². The third-order valence-corrected chi connectivity index (χ3v) is 4.23. The predicted octanol–water partition coefficient (Wildman–Crippen LogP) is 1.08. The lowest BCUT2D eigenvalue weighted by Gasteiger charge is -2.34. The Kier molecular flexibility index (Phi) is 5.94. The molecule has 0 saturated carbocycles. The Balaban J connectivity index is 2.25. The molecule has 0 spiro atoms. The van der Waals surface area contributed by atoms with Crippen LogP contribution < -0.4 is 5.32 Å². The zero-order chi connectivity index (χ0) is 12.0. The Morgan fingerprint density at radius 2 is 1.94 bits per heavy atom. The maximum Gasteiger partial charge on any atom is 0.0363 e. The van der Waals surface area contributed by atoms with E-state index >= 15 is 0 Å². The SMILES string of the molecule is CCCNCC(C)(C)CN1CCS(=O)CC1. The first kappa shape index (κ1) is 14.1. The highest BCUT2D eigenvalue weighted by Crippen LogP contribution is 2.17. The lowest BCUT2D eigenvalue weighted by molar-refractivity contribution is 0.186. The Morgan fingerprint density at radius 3 is 2.50 bits per heavy atom. The minimum atomic E-state index is -0.553. The fourth-order valence-corrected chi connectivity index (χ4v) is 3.23. The maximum atomic E-state index is 11.3. The first-order valence-electron chi connectivity index (χ1n) is 6.31. The van der Waals surface area contributed by atoms with Crippen LogP contribution in [0.3, 0.4) is 0 Å². The third kappa shape index (κ3) is 5.41. The zero-order valence-corrected chi connectivity index (χ0v) is 11.7. The van der Waals surface area contributed by atoms with Crippen molar-refractivity contribution in [2.75, 3.05) is 44.2 Å². The molecule has 1 fully saturated rings. The van der Waals surface area contributed by atoms with E-state index in [1.165, 1.54) is 6.42 Å². The van der Waals surface area contributed by atoms with Crippen LogP contribution in [0.1, 0.15) is 27.2 Å². The Labute approximate surface area is 102 Å². The van der Waals surface area contributed by atoms with Crippen LogP contribution in [0.25, 0.3) is 0 Å². The summed E-state index contributed by atoms with van der Waals surface area (Å²) in [5.74, 6) is 1.72. The number of nitrogens with one attached hydrogen (secondary N) is 1. The molecule has 0 aromatic heterocycles. The summed E-state index contributed by atoms with van der Waals surface area (Å²) in [6, 6.07) is 0. The molecule has 1 saturated heterocycles. The molecule has 0 amide bonds. The van der Waals surface area contributed by atoms with Gasteiger partial charge in [0.05, 0.1) is 0 Å². The molecular weight excluding hydrogens is 220 g/mol. The molecule has 1 aliphatic heterocycles. The summed E-state index contributed by atoms with van der Waals surface area (Å²) in [7, 11) is -0.553. The monoisotopic (exact) mass is 246 g/mol. The summed E-state index contributed by atoms with van der Waals surface area (Å²) >= 11 is 0. The van der Waals surface area contributed by atoms with Crippen LogP contribution in [-0.4, -0.2) is 53.3 Å². The van der Waals surface area contributed by atoms with E-state index in [0.29, 0.717) is 5.41 Å². The van der Waals surface area contributed by atoms with Crippen molar-refractivity contribution in [3.63, 3.8) is 0 Å². The van der Waals surface area contributed by atoms with Crippen molar-refractivity contribution in [1.29, 1.82) is 0 Å². The molecule has 1 rings (SSSR count). The van der Waals surface area contributed by atoms with E-state index in [9.17, 15) is 4.21 Å². The van der Waals surface area contributed by atoms with Crippen molar-refractivity contribution in [1.82, 2.24) is 10.2 Å². The van der Waals surface area contributed by atoms with Crippen LogP contribution in [-0.2, 0) is 10.8 Å². The number of nitrogens with zero attached hydrogens (tertiary/aromatic N) is 1. The molecular formula is C12H26N2OS. The average molecular weight is 246 g/mol. The molecule has 1 heterocycles. The Morgan fingerprint density at radius 1 is 1.31 bits per heavy atom. The fourth-order valence-electron chi connectivity index (χ4n) is 2.10. The van der Waals surface area contributed by atoms with Crippen LogP contribution >= 0.6 is 0 Å². The molecule has 4 heteroatoms. The van der Waals surface area contributed by atoms with Crippen LogP contribution in [0, 0.1) is 5.41 Å². The fraction of sp³-hybridized carbons (Fsp3) is 1.00. The van der Waals surface area contributed by atoms with Gasteiger partial charge in [0.1, 0.15) is 0 Å². The second-order valence-corrected chi connectivity index (χ2v) is 7.16. The molecule has 1 aliphatic rings. The normalized spacial score (nSPS) is 20.2. The van der Waals surface area contributed by atoms with Gasteiger partial charge in [-0.05, 0) is 18.4 Å². The highest BCUT2D eigenvalue weighted by atomic mass is 32.2. The molecule has 0 aliphatic carbocycles. The predicted molar refractivity (Wildman–Crippen MR) is 71.3 cm³/mol. The van der Waals surface area contributed by atoms with Gasteiger partial charge in [-0.15, -0.1) is 0 Å². The molecule has 3 nitrogen and oxygen atoms in total. The van der Waals surface area contributed by atoms with Crippen molar-refractivity contribution < 1.29 is 4.21 Å². The van der Waals surface area contributed by atoms with E-state index in [1.807, 2.05) is 0 Å². The molecule has 16 heavy (non-hydrogen) atoms. The summed E-state index contributed by atoms with van der Waals surface area (Å²) in [4.78, 5) is 2.45. The first-order chi connectivity index (χ1) is 7.53. The summed E-state index contributed by atoms with van der Waals surface area (Å²) in [5.41, 5.74) is 0.313. The lowest BCUT2D eigenvalue weighted by Crippen LogP contribution is -2.45. The van der Waals surface area contributed by atoms with Crippen molar-refractivity contribution >= 4 is 10.8 Å². The van der Waals surface area contributed by atoms with E-state index in [-0.39, 0.29) is 0 Å². The maximum absolute atomic E-state index is 11.3. The summed E-state index contributed by atoms with van der Waals surface area (Å²) in [5, 5.41) is 3.49. The van der Waals surface area contributed by atoms with Gasteiger partial charge in [0, 0.05) is 48.5 Å². The second-order valence-electron chi connectivity index (χ2n) is 5.47. The second kappa shape index (κ2) is 6.72. The van der Waals surface area contributed by atoms with Crippen LogP contribution in [0.2, 0.25) is 0 Å². The van der Waals surface area contributed by atoms with E-state index in [4.69, 9.17) is 0 Å². The molecule has 0 unspecified atom stereocenters. The van der Waals surface area contributed by atoms with Crippen LogP contribution in [0.5, 0.6) is 0 Å². The van der Waals surface area contributed by atoms with Crippen molar-refractivity contribution in [2.45, 2.75) is 27.2 Å². The van der Waals surface area contributed by atoms with Gasteiger partial charge in [0.15, 0.2) is 0 Å². The summed E-state index contributed by atoms with van der Waals surface area (Å²) < 4.78 is 11.3.